The van der Waals surface area contributed by atoms with Crippen LogP contribution in [0.4, 0.5) is 0 Å². The van der Waals surface area contributed by atoms with Crippen molar-refractivity contribution in [2.75, 3.05) is 7.11 Å². The van der Waals surface area contributed by atoms with Crippen LogP contribution in [0.2, 0.25) is 0 Å². The molecule has 0 saturated carbocycles. The Bertz CT molecular complexity index is 373. The summed E-state index contributed by atoms with van der Waals surface area (Å²) in [6, 6.07) is 7.11. The first kappa shape index (κ1) is 14.5. The van der Waals surface area contributed by atoms with Crippen molar-refractivity contribution in [3.05, 3.63) is 29.8 Å². The van der Waals surface area contributed by atoms with E-state index in [0.29, 0.717) is 18.9 Å². The lowest BCUT2D eigenvalue weighted by atomic mass is 10.0. The number of aliphatic carboxylic acids is 1. The molecule has 0 fully saturated rings. The number of carboxylic acid groups (broad SMARTS) is 1. The Hall–Kier alpha value is -1.55. The lowest BCUT2D eigenvalue weighted by Gasteiger charge is -2.16. The van der Waals surface area contributed by atoms with E-state index in [0.717, 1.165) is 11.3 Å². The molecule has 100 valence electrons. The van der Waals surface area contributed by atoms with E-state index in [4.69, 9.17) is 9.84 Å². The molecule has 0 aromatic heterocycles. The number of carbonyl (C=O) groups is 1. The molecule has 18 heavy (non-hydrogen) atoms. The molecule has 0 radical (unpaired) electrons. The van der Waals surface area contributed by atoms with E-state index in [-0.39, 0.29) is 0 Å². The van der Waals surface area contributed by atoms with E-state index in [2.05, 4.69) is 5.32 Å². The molecule has 0 saturated heterocycles. The molecule has 4 nitrogen and oxygen atoms in total. The number of carboxylic acids is 1. The van der Waals surface area contributed by atoms with Crippen LogP contribution >= 0.6 is 0 Å². The van der Waals surface area contributed by atoms with Gasteiger partial charge in [-0.1, -0.05) is 26.0 Å². The first-order valence-electron chi connectivity index (χ1n) is 6.12. The van der Waals surface area contributed by atoms with Crippen molar-refractivity contribution in [2.45, 2.75) is 32.9 Å². The highest BCUT2D eigenvalue weighted by molar-refractivity contribution is 5.73. The Kier molecular flexibility index (Phi) is 5.65. The third-order valence-corrected chi connectivity index (χ3v) is 2.72. The van der Waals surface area contributed by atoms with Crippen molar-refractivity contribution in [2.24, 2.45) is 5.92 Å². The number of nitrogens with one attached hydrogen (secondary N) is 1. The zero-order chi connectivity index (χ0) is 13.5. The molecule has 0 aliphatic heterocycles. The average molecular weight is 251 g/mol. The van der Waals surface area contributed by atoms with Crippen LogP contribution in [-0.4, -0.2) is 24.2 Å². The normalized spacial score (nSPS) is 12.4. The molecule has 0 bridgehead atoms. The van der Waals surface area contributed by atoms with E-state index >= 15 is 0 Å². The minimum atomic E-state index is -0.794. The highest BCUT2D eigenvalue weighted by atomic mass is 16.5. The number of hydrogen-bond donors (Lipinski definition) is 2. The summed E-state index contributed by atoms with van der Waals surface area (Å²) in [5.41, 5.74) is 1.05. The molecule has 0 amide bonds. The van der Waals surface area contributed by atoms with E-state index in [1.54, 1.807) is 7.11 Å². The second kappa shape index (κ2) is 7.01. The number of benzene rings is 1. The van der Waals surface area contributed by atoms with Crippen molar-refractivity contribution in [1.29, 1.82) is 0 Å². The highest BCUT2D eigenvalue weighted by Crippen LogP contribution is 2.12. The summed E-state index contributed by atoms with van der Waals surface area (Å²) in [6.07, 6.45) is 0.630. The molecule has 0 spiro atoms. The second-order valence-electron chi connectivity index (χ2n) is 4.75. The standard InChI is InChI=1S/C14H21NO3/c1-10(2)8-13(14(16)17)15-9-11-4-6-12(18-3)7-5-11/h4-7,10,13,15H,8-9H2,1-3H3,(H,16,17). The fourth-order valence-corrected chi connectivity index (χ4v) is 1.73. The molecular formula is C14H21NO3. The van der Waals surface area contributed by atoms with E-state index < -0.39 is 12.0 Å². The molecular weight excluding hydrogens is 230 g/mol. The largest absolute Gasteiger partial charge is 0.497 e. The quantitative estimate of drug-likeness (QED) is 0.780. The van der Waals surface area contributed by atoms with Gasteiger partial charge in [-0.3, -0.25) is 4.79 Å². The van der Waals surface area contributed by atoms with Crippen molar-refractivity contribution in [3.63, 3.8) is 0 Å². The Morgan fingerprint density at radius 3 is 2.39 bits per heavy atom. The van der Waals surface area contributed by atoms with Crippen molar-refractivity contribution < 1.29 is 14.6 Å². The van der Waals surface area contributed by atoms with Gasteiger partial charge < -0.3 is 15.2 Å². The molecule has 0 aliphatic carbocycles. The van der Waals surface area contributed by atoms with Gasteiger partial charge in [-0.25, -0.2) is 0 Å². The molecule has 0 aliphatic rings. The molecule has 1 atom stereocenters. The van der Waals surface area contributed by atoms with Crippen LogP contribution in [0, 0.1) is 5.92 Å². The van der Waals surface area contributed by atoms with E-state index in [1.165, 1.54) is 0 Å². The third-order valence-electron chi connectivity index (χ3n) is 2.72. The summed E-state index contributed by atoms with van der Waals surface area (Å²) in [7, 11) is 1.62. The molecule has 4 heteroatoms. The number of methoxy groups -OCH3 is 1. The van der Waals surface area contributed by atoms with Crippen LogP contribution < -0.4 is 10.1 Å². The third kappa shape index (κ3) is 4.75. The van der Waals surface area contributed by atoms with Crippen LogP contribution in [0.3, 0.4) is 0 Å². The molecule has 1 aromatic carbocycles. The van der Waals surface area contributed by atoms with Crippen molar-refractivity contribution in [3.8, 4) is 5.75 Å². The average Bonchev–Trinajstić information content (AvgIpc) is 2.34. The first-order valence-corrected chi connectivity index (χ1v) is 6.12. The number of hydrogen-bond acceptors (Lipinski definition) is 3. The van der Waals surface area contributed by atoms with Gasteiger partial charge in [-0.2, -0.15) is 0 Å². The van der Waals surface area contributed by atoms with Gasteiger partial charge in [0.15, 0.2) is 0 Å². The van der Waals surface area contributed by atoms with Crippen LogP contribution in [0.25, 0.3) is 0 Å². The fourth-order valence-electron chi connectivity index (χ4n) is 1.73. The second-order valence-corrected chi connectivity index (χ2v) is 4.75. The van der Waals surface area contributed by atoms with Gasteiger partial charge >= 0.3 is 5.97 Å². The van der Waals surface area contributed by atoms with Gasteiger partial charge in [0.1, 0.15) is 11.8 Å². The number of rotatable bonds is 7. The summed E-state index contributed by atoms with van der Waals surface area (Å²) >= 11 is 0. The van der Waals surface area contributed by atoms with Gasteiger partial charge in [0, 0.05) is 6.54 Å². The van der Waals surface area contributed by atoms with E-state index in [1.807, 2.05) is 38.1 Å². The maximum absolute atomic E-state index is 11.1. The smallest absolute Gasteiger partial charge is 0.320 e. The highest BCUT2D eigenvalue weighted by Gasteiger charge is 2.17. The molecule has 1 rings (SSSR count). The Morgan fingerprint density at radius 2 is 1.94 bits per heavy atom. The predicted octanol–water partition coefficient (Wildman–Crippen LogP) is 2.28. The SMILES string of the molecule is COc1ccc(CNC(CC(C)C)C(=O)O)cc1. The predicted molar refractivity (Wildman–Crippen MR) is 70.7 cm³/mol. The number of ether oxygens (including phenoxy) is 1. The summed E-state index contributed by atoms with van der Waals surface area (Å²) in [6.45, 7) is 4.59. The maximum atomic E-state index is 11.1. The van der Waals surface area contributed by atoms with Gasteiger partial charge in [0.05, 0.1) is 7.11 Å². The van der Waals surface area contributed by atoms with E-state index in [9.17, 15) is 4.79 Å². The molecule has 1 aromatic rings. The molecule has 1 unspecified atom stereocenters. The Morgan fingerprint density at radius 1 is 1.33 bits per heavy atom. The topological polar surface area (TPSA) is 58.6 Å². The van der Waals surface area contributed by atoms with Crippen molar-refractivity contribution >= 4 is 5.97 Å². The van der Waals surface area contributed by atoms with Gasteiger partial charge in [-0.15, -0.1) is 0 Å². The van der Waals surface area contributed by atoms with Crippen LogP contribution in [0.5, 0.6) is 5.75 Å². The van der Waals surface area contributed by atoms with Crippen LogP contribution in [0.1, 0.15) is 25.8 Å². The van der Waals surface area contributed by atoms with Gasteiger partial charge in [0.25, 0.3) is 0 Å². The van der Waals surface area contributed by atoms with Crippen molar-refractivity contribution in [1.82, 2.24) is 5.32 Å². The maximum Gasteiger partial charge on any atom is 0.320 e. The Balaban J connectivity index is 2.52. The summed E-state index contributed by atoms with van der Waals surface area (Å²) < 4.78 is 5.07. The van der Waals surface area contributed by atoms with Gasteiger partial charge in [-0.05, 0) is 30.0 Å². The zero-order valence-corrected chi connectivity index (χ0v) is 11.1. The Labute approximate surface area is 108 Å². The van der Waals surface area contributed by atoms with Crippen LogP contribution in [-0.2, 0) is 11.3 Å². The lowest BCUT2D eigenvalue weighted by Crippen LogP contribution is -2.37. The molecule has 2 N–H and O–H groups in total. The lowest BCUT2D eigenvalue weighted by molar-refractivity contribution is -0.140. The molecule has 0 heterocycles. The van der Waals surface area contributed by atoms with Gasteiger partial charge in [0.2, 0.25) is 0 Å². The summed E-state index contributed by atoms with van der Waals surface area (Å²) in [5.74, 6) is 0.363. The summed E-state index contributed by atoms with van der Waals surface area (Å²) in [5, 5.41) is 12.2. The first-order chi connectivity index (χ1) is 8.52. The zero-order valence-electron chi connectivity index (χ0n) is 11.1. The summed E-state index contributed by atoms with van der Waals surface area (Å²) in [4.78, 5) is 11.1. The minimum Gasteiger partial charge on any atom is -0.497 e. The minimum absolute atomic E-state index is 0.356. The van der Waals surface area contributed by atoms with Crippen LogP contribution in [0.15, 0.2) is 24.3 Å². The monoisotopic (exact) mass is 251 g/mol. The fraction of sp³-hybridized carbons (Fsp3) is 0.500.